The molecule has 19 heavy (non-hydrogen) atoms. The molecule has 0 atom stereocenters. The monoisotopic (exact) mass is 261 g/mol. The number of halogens is 1. The third kappa shape index (κ3) is 2.89. The Morgan fingerprint density at radius 2 is 2.00 bits per heavy atom. The summed E-state index contributed by atoms with van der Waals surface area (Å²) in [5.74, 6) is -2.47. The lowest BCUT2D eigenvalue weighted by atomic mass is 10.2. The molecule has 0 saturated heterocycles. The van der Waals surface area contributed by atoms with Crippen LogP contribution in [0.3, 0.4) is 0 Å². The minimum absolute atomic E-state index is 0.0263. The van der Waals surface area contributed by atoms with Crippen molar-refractivity contribution in [2.45, 2.75) is 0 Å². The summed E-state index contributed by atoms with van der Waals surface area (Å²) in [6, 6.07) is 5.17. The van der Waals surface area contributed by atoms with Crippen molar-refractivity contribution in [1.82, 2.24) is 9.97 Å². The highest BCUT2D eigenvalue weighted by atomic mass is 19.1. The number of carboxylic acid groups (broad SMARTS) is 1. The van der Waals surface area contributed by atoms with Gasteiger partial charge in [0.2, 0.25) is 0 Å². The van der Waals surface area contributed by atoms with Crippen LogP contribution in [0.15, 0.2) is 36.7 Å². The molecule has 1 amide bonds. The second-order valence-electron chi connectivity index (χ2n) is 3.52. The molecule has 2 rings (SSSR count). The number of nitrogens with zero attached hydrogens (tertiary/aromatic N) is 2. The highest BCUT2D eigenvalue weighted by Crippen LogP contribution is 2.13. The largest absolute Gasteiger partial charge is 0.476 e. The first-order chi connectivity index (χ1) is 9.08. The van der Waals surface area contributed by atoms with Crippen LogP contribution in [-0.4, -0.2) is 27.0 Å². The Morgan fingerprint density at radius 3 is 2.63 bits per heavy atom. The highest BCUT2D eigenvalue weighted by molar-refractivity contribution is 6.06. The fourth-order valence-corrected chi connectivity index (χ4v) is 1.37. The number of hydrogen-bond donors (Lipinski definition) is 2. The summed E-state index contributed by atoms with van der Waals surface area (Å²) < 4.78 is 12.7. The fourth-order valence-electron chi connectivity index (χ4n) is 1.37. The van der Waals surface area contributed by atoms with Crippen LogP contribution < -0.4 is 5.32 Å². The summed E-state index contributed by atoms with van der Waals surface area (Å²) in [7, 11) is 0. The van der Waals surface area contributed by atoms with Crippen molar-refractivity contribution < 1.29 is 19.1 Å². The van der Waals surface area contributed by atoms with Crippen molar-refractivity contribution in [3.8, 4) is 0 Å². The molecule has 2 aromatic rings. The molecule has 6 nitrogen and oxygen atoms in total. The lowest BCUT2D eigenvalue weighted by Crippen LogP contribution is -2.16. The van der Waals surface area contributed by atoms with E-state index in [-0.39, 0.29) is 17.1 Å². The standard InChI is InChI=1S/C12H8FN3O3/c13-7-3-4-9(15-6-7)11(17)16-8-2-1-5-14-10(8)12(18)19/h1-6H,(H,16,17)(H,18,19). The normalized spacial score (nSPS) is 9.95. The molecule has 0 aliphatic carbocycles. The van der Waals surface area contributed by atoms with E-state index in [1.807, 2.05) is 0 Å². The Labute approximate surface area is 106 Å². The number of carbonyl (C=O) groups excluding carboxylic acids is 1. The summed E-state index contributed by atoms with van der Waals surface area (Å²) in [4.78, 5) is 29.9. The van der Waals surface area contributed by atoms with Gasteiger partial charge in [-0.15, -0.1) is 0 Å². The van der Waals surface area contributed by atoms with Gasteiger partial charge in [0, 0.05) is 6.20 Å². The molecular weight excluding hydrogens is 253 g/mol. The number of rotatable bonds is 3. The van der Waals surface area contributed by atoms with Gasteiger partial charge in [-0.25, -0.2) is 19.2 Å². The second kappa shape index (κ2) is 5.21. The van der Waals surface area contributed by atoms with Gasteiger partial charge in [0.05, 0.1) is 11.9 Å². The second-order valence-corrected chi connectivity index (χ2v) is 3.52. The Balaban J connectivity index is 2.24. The zero-order valence-electron chi connectivity index (χ0n) is 9.50. The van der Waals surface area contributed by atoms with Crippen LogP contribution in [0.4, 0.5) is 10.1 Å². The topological polar surface area (TPSA) is 92.2 Å². The number of carbonyl (C=O) groups is 2. The number of amides is 1. The van der Waals surface area contributed by atoms with Gasteiger partial charge in [0.1, 0.15) is 11.5 Å². The zero-order chi connectivity index (χ0) is 13.8. The maximum absolute atomic E-state index is 12.7. The zero-order valence-corrected chi connectivity index (χ0v) is 9.50. The molecule has 0 bridgehead atoms. The molecule has 0 saturated carbocycles. The number of hydrogen-bond acceptors (Lipinski definition) is 4. The maximum atomic E-state index is 12.7. The molecule has 2 heterocycles. The van der Waals surface area contributed by atoms with Gasteiger partial charge < -0.3 is 10.4 Å². The van der Waals surface area contributed by atoms with Crippen molar-refractivity contribution in [3.05, 3.63) is 53.9 Å². The van der Waals surface area contributed by atoms with E-state index in [0.29, 0.717) is 0 Å². The first kappa shape index (κ1) is 12.6. The third-order valence-corrected chi connectivity index (χ3v) is 2.22. The molecule has 0 aliphatic rings. The Kier molecular flexibility index (Phi) is 3.46. The number of anilines is 1. The SMILES string of the molecule is O=C(Nc1cccnc1C(=O)O)c1ccc(F)cn1. The van der Waals surface area contributed by atoms with Crippen molar-refractivity contribution in [1.29, 1.82) is 0 Å². The molecule has 0 spiro atoms. The van der Waals surface area contributed by atoms with Crippen LogP contribution in [0.1, 0.15) is 21.0 Å². The smallest absolute Gasteiger partial charge is 0.356 e. The lowest BCUT2D eigenvalue weighted by molar-refractivity contribution is 0.0691. The lowest BCUT2D eigenvalue weighted by Gasteiger charge is -2.06. The Hall–Kier alpha value is -2.83. The molecule has 0 aliphatic heterocycles. The average Bonchev–Trinajstić information content (AvgIpc) is 2.39. The molecule has 96 valence electrons. The van der Waals surface area contributed by atoms with E-state index in [9.17, 15) is 14.0 Å². The Bertz CT molecular complexity index is 628. The summed E-state index contributed by atoms with van der Waals surface area (Å²) >= 11 is 0. The quantitative estimate of drug-likeness (QED) is 0.874. The van der Waals surface area contributed by atoms with Crippen LogP contribution in [0.25, 0.3) is 0 Å². The summed E-state index contributed by atoms with van der Waals surface area (Å²) in [5.41, 5.74) is -0.259. The van der Waals surface area contributed by atoms with Crippen molar-refractivity contribution in [3.63, 3.8) is 0 Å². The first-order valence-corrected chi connectivity index (χ1v) is 5.19. The molecule has 7 heteroatoms. The summed E-state index contributed by atoms with van der Waals surface area (Å²) in [6.45, 7) is 0. The van der Waals surface area contributed by atoms with Gasteiger partial charge in [-0.1, -0.05) is 0 Å². The van der Waals surface area contributed by atoms with Gasteiger partial charge in [0.25, 0.3) is 5.91 Å². The van der Waals surface area contributed by atoms with E-state index in [1.165, 1.54) is 24.4 Å². The van der Waals surface area contributed by atoms with Crippen LogP contribution in [0.2, 0.25) is 0 Å². The summed E-state index contributed by atoms with van der Waals surface area (Å²) in [5, 5.41) is 11.3. The molecule has 2 aromatic heterocycles. The number of aromatic nitrogens is 2. The van der Waals surface area contributed by atoms with Crippen molar-refractivity contribution >= 4 is 17.6 Å². The fraction of sp³-hybridized carbons (Fsp3) is 0. The number of pyridine rings is 2. The van der Waals surface area contributed by atoms with E-state index in [0.717, 1.165) is 12.3 Å². The van der Waals surface area contributed by atoms with E-state index < -0.39 is 17.7 Å². The Morgan fingerprint density at radius 1 is 1.21 bits per heavy atom. The summed E-state index contributed by atoms with van der Waals surface area (Å²) in [6.07, 6.45) is 2.20. The van der Waals surface area contributed by atoms with Gasteiger partial charge in [-0.2, -0.15) is 0 Å². The average molecular weight is 261 g/mol. The van der Waals surface area contributed by atoms with Gasteiger partial charge in [-0.3, -0.25) is 4.79 Å². The van der Waals surface area contributed by atoms with Crippen molar-refractivity contribution in [2.75, 3.05) is 5.32 Å². The highest BCUT2D eigenvalue weighted by Gasteiger charge is 2.15. The van der Waals surface area contributed by atoms with Crippen LogP contribution in [0.5, 0.6) is 0 Å². The van der Waals surface area contributed by atoms with E-state index >= 15 is 0 Å². The van der Waals surface area contributed by atoms with Crippen molar-refractivity contribution in [2.24, 2.45) is 0 Å². The number of carboxylic acids is 1. The minimum atomic E-state index is -1.26. The first-order valence-electron chi connectivity index (χ1n) is 5.19. The van der Waals surface area contributed by atoms with E-state index in [1.54, 1.807) is 0 Å². The predicted octanol–water partition coefficient (Wildman–Crippen LogP) is 1.57. The number of aromatic carboxylic acids is 1. The number of nitrogens with one attached hydrogen (secondary N) is 1. The molecular formula is C12H8FN3O3. The molecule has 0 fully saturated rings. The van der Waals surface area contributed by atoms with E-state index in [2.05, 4.69) is 15.3 Å². The predicted molar refractivity (Wildman–Crippen MR) is 63.3 cm³/mol. The minimum Gasteiger partial charge on any atom is -0.476 e. The van der Waals surface area contributed by atoms with Crippen LogP contribution >= 0.6 is 0 Å². The molecule has 0 aromatic carbocycles. The molecule has 2 N–H and O–H groups in total. The van der Waals surface area contributed by atoms with Crippen LogP contribution in [-0.2, 0) is 0 Å². The van der Waals surface area contributed by atoms with Gasteiger partial charge in [-0.05, 0) is 24.3 Å². The molecule has 0 radical (unpaired) electrons. The van der Waals surface area contributed by atoms with Gasteiger partial charge in [0.15, 0.2) is 5.69 Å². The van der Waals surface area contributed by atoms with Gasteiger partial charge >= 0.3 is 5.97 Å². The third-order valence-electron chi connectivity index (χ3n) is 2.22. The molecule has 0 unspecified atom stereocenters. The van der Waals surface area contributed by atoms with E-state index in [4.69, 9.17) is 5.11 Å². The van der Waals surface area contributed by atoms with Crippen LogP contribution in [0, 0.1) is 5.82 Å². The maximum Gasteiger partial charge on any atom is 0.356 e.